The predicted molar refractivity (Wildman–Crippen MR) is 80.5 cm³/mol. The number of nitrogens with one attached hydrogen (secondary N) is 1. The van der Waals surface area contributed by atoms with Gasteiger partial charge in [0.2, 0.25) is 0 Å². The van der Waals surface area contributed by atoms with Crippen LogP contribution in [0.3, 0.4) is 0 Å². The van der Waals surface area contributed by atoms with Crippen molar-refractivity contribution in [3.63, 3.8) is 0 Å². The van der Waals surface area contributed by atoms with E-state index < -0.39 is 11.2 Å². The second-order valence-electron chi connectivity index (χ2n) is 4.67. The highest BCUT2D eigenvalue weighted by molar-refractivity contribution is 6.32. The third kappa shape index (κ3) is 2.59. The third-order valence-corrected chi connectivity index (χ3v) is 3.65. The van der Waals surface area contributed by atoms with Crippen molar-refractivity contribution in [1.82, 2.24) is 9.66 Å². The van der Waals surface area contributed by atoms with Gasteiger partial charge in [-0.2, -0.15) is 4.68 Å². The van der Waals surface area contributed by atoms with Gasteiger partial charge in [0.15, 0.2) is 0 Å². The van der Waals surface area contributed by atoms with E-state index in [9.17, 15) is 9.59 Å². The van der Waals surface area contributed by atoms with Gasteiger partial charge in [-0.1, -0.05) is 41.9 Å². The first-order chi connectivity index (χ1) is 10.2. The minimum atomic E-state index is -0.536. The van der Waals surface area contributed by atoms with E-state index in [0.29, 0.717) is 37.4 Å². The molecule has 0 aliphatic carbocycles. The van der Waals surface area contributed by atoms with Crippen LogP contribution in [0.25, 0.3) is 11.1 Å². The fourth-order valence-electron chi connectivity index (χ4n) is 2.37. The molecule has 1 fully saturated rings. The molecule has 0 unspecified atom stereocenters. The van der Waals surface area contributed by atoms with Crippen molar-refractivity contribution in [2.75, 3.05) is 31.3 Å². The summed E-state index contributed by atoms with van der Waals surface area (Å²) >= 11 is 6.07. The molecule has 1 N–H and O–H groups in total. The van der Waals surface area contributed by atoms with Gasteiger partial charge in [0.05, 0.1) is 31.9 Å². The summed E-state index contributed by atoms with van der Waals surface area (Å²) < 4.78 is 6.35. The summed E-state index contributed by atoms with van der Waals surface area (Å²) in [6.07, 6.45) is 0. The zero-order valence-electron chi connectivity index (χ0n) is 11.2. The number of nitrogens with zero attached hydrogens (tertiary/aromatic N) is 2. The summed E-state index contributed by atoms with van der Waals surface area (Å²) in [7, 11) is 0. The van der Waals surface area contributed by atoms with Gasteiger partial charge in [-0.3, -0.25) is 9.78 Å². The normalized spacial score (nSPS) is 15.2. The molecule has 0 bridgehead atoms. The van der Waals surface area contributed by atoms with Crippen molar-refractivity contribution in [2.45, 2.75) is 0 Å². The first-order valence-corrected chi connectivity index (χ1v) is 6.99. The van der Waals surface area contributed by atoms with E-state index in [1.165, 1.54) is 0 Å². The molecule has 1 aliphatic rings. The van der Waals surface area contributed by atoms with E-state index in [1.807, 2.05) is 18.2 Å². The zero-order valence-corrected chi connectivity index (χ0v) is 12.0. The van der Waals surface area contributed by atoms with Crippen molar-refractivity contribution < 1.29 is 4.74 Å². The Kier molecular flexibility index (Phi) is 3.81. The Labute approximate surface area is 125 Å². The number of H-pyrrole nitrogens is 1. The molecule has 0 radical (unpaired) electrons. The van der Waals surface area contributed by atoms with Crippen LogP contribution >= 0.6 is 11.6 Å². The summed E-state index contributed by atoms with van der Waals surface area (Å²) in [6.45, 7) is 1.93. The lowest BCUT2D eigenvalue weighted by molar-refractivity contribution is 0.110. The third-order valence-electron chi connectivity index (χ3n) is 3.37. The van der Waals surface area contributed by atoms with E-state index in [4.69, 9.17) is 16.3 Å². The SMILES string of the molecule is O=c1[nH]c(Cl)c(-c2ccccc2)c(=O)n1N1CCOCC1. The molecule has 21 heavy (non-hydrogen) atoms. The molecule has 7 heteroatoms. The monoisotopic (exact) mass is 307 g/mol. The molecule has 0 saturated carbocycles. The van der Waals surface area contributed by atoms with Gasteiger partial charge in [-0.05, 0) is 5.56 Å². The fraction of sp³-hybridized carbons (Fsp3) is 0.286. The number of morpholine rings is 1. The molecule has 1 saturated heterocycles. The highest BCUT2D eigenvalue weighted by Crippen LogP contribution is 2.20. The number of hydrogen-bond donors (Lipinski definition) is 1. The van der Waals surface area contributed by atoms with E-state index in [1.54, 1.807) is 17.1 Å². The number of benzene rings is 1. The van der Waals surface area contributed by atoms with Crippen LogP contribution in [0.5, 0.6) is 0 Å². The van der Waals surface area contributed by atoms with Gasteiger partial charge in [-0.25, -0.2) is 4.79 Å². The molecule has 3 rings (SSSR count). The average molecular weight is 308 g/mol. The van der Waals surface area contributed by atoms with Crippen LogP contribution in [0.2, 0.25) is 5.15 Å². The molecule has 0 atom stereocenters. The lowest BCUT2D eigenvalue weighted by Gasteiger charge is -2.29. The molecule has 110 valence electrons. The van der Waals surface area contributed by atoms with Crippen molar-refractivity contribution in [1.29, 1.82) is 0 Å². The lowest BCUT2D eigenvalue weighted by atomic mass is 10.1. The van der Waals surface area contributed by atoms with Crippen molar-refractivity contribution in [2.24, 2.45) is 0 Å². The number of hydrogen-bond acceptors (Lipinski definition) is 4. The Balaban J connectivity index is 2.18. The minimum Gasteiger partial charge on any atom is -0.378 e. The Morgan fingerprint density at radius 1 is 1.10 bits per heavy atom. The molecule has 2 aromatic rings. The Bertz CT molecular complexity index is 748. The number of ether oxygens (including phenoxy) is 1. The van der Waals surface area contributed by atoms with Gasteiger partial charge >= 0.3 is 5.69 Å². The molecule has 1 aromatic carbocycles. The van der Waals surface area contributed by atoms with Gasteiger partial charge in [0.1, 0.15) is 5.15 Å². The highest BCUT2D eigenvalue weighted by atomic mass is 35.5. The Morgan fingerprint density at radius 2 is 1.76 bits per heavy atom. The van der Waals surface area contributed by atoms with Crippen LogP contribution in [0.15, 0.2) is 39.9 Å². The van der Waals surface area contributed by atoms with Gasteiger partial charge in [0.25, 0.3) is 5.56 Å². The molecule has 6 nitrogen and oxygen atoms in total. The molecule has 0 spiro atoms. The summed E-state index contributed by atoms with van der Waals surface area (Å²) in [5.74, 6) is 0. The molecular weight excluding hydrogens is 294 g/mol. The van der Waals surface area contributed by atoms with Crippen molar-refractivity contribution in [3.05, 3.63) is 56.3 Å². The van der Waals surface area contributed by atoms with Gasteiger partial charge < -0.3 is 9.75 Å². The first kappa shape index (κ1) is 13.9. The molecular formula is C14H14ClN3O3. The molecule has 2 heterocycles. The lowest BCUT2D eigenvalue weighted by Crippen LogP contribution is -2.55. The van der Waals surface area contributed by atoms with Crippen LogP contribution in [0.1, 0.15) is 0 Å². The number of halogens is 1. The predicted octanol–water partition coefficient (Wildman–Crippen LogP) is 0.825. The maximum atomic E-state index is 12.7. The minimum absolute atomic E-state index is 0.0562. The van der Waals surface area contributed by atoms with E-state index in [2.05, 4.69) is 4.98 Å². The summed E-state index contributed by atoms with van der Waals surface area (Å²) in [6, 6.07) is 9.04. The summed E-state index contributed by atoms with van der Waals surface area (Å²) in [5.41, 5.74) is 0.0116. The first-order valence-electron chi connectivity index (χ1n) is 6.61. The topological polar surface area (TPSA) is 67.3 Å². The summed E-state index contributed by atoms with van der Waals surface area (Å²) in [4.78, 5) is 27.3. The molecule has 1 aliphatic heterocycles. The number of aromatic amines is 1. The quantitative estimate of drug-likeness (QED) is 0.834. The van der Waals surface area contributed by atoms with E-state index in [0.717, 1.165) is 4.68 Å². The number of rotatable bonds is 2. The van der Waals surface area contributed by atoms with Gasteiger partial charge in [0, 0.05) is 0 Å². The summed E-state index contributed by atoms with van der Waals surface area (Å²) in [5, 5.41) is 1.73. The second-order valence-corrected chi connectivity index (χ2v) is 5.05. The van der Waals surface area contributed by atoms with E-state index in [-0.39, 0.29) is 5.15 Å². The van der Waals surface area contributed by atoms with Crippen LogP contribution in [-0.2, 0) is 4.74 Å². The average Bonchev–Trinajstić information content (AvgIpc) is 2.49. The van der Waals surface area contributed by atoms with Crippen LogP contribution in [0.4, 0.5) is 0 Å². The molecule has 1 aromatic heterocycles. The maximum Gasteiger partial charge on any atom is 0.348 e. The second kappa shape index (κ2) is 5.75. The fourth-order valence-corrected chi connectivity index (χ4v) is 2.64. The van der Waals surface area contributed by atoms with Gasteiger partial charge in [-0.15, -0.1) is 0 Å². The Morgan fingerprint density at radius 3 is 2.43 bits per heavy atom. The van der Waals surface area contributed by atoms with Crippen molar-refractivity contribution >= 4 is 11.6 Å². The van der Waals surface area contributed by atoms with E-state index >= 15 is 0 Å². The zero-order chi connectivity index (χ0) is 14.8. The largest absolute Gasteiger partial charge is 0.378 e. The smallest absolute Gasteiger partial charge is 0.348 e. The maximum absolute atomic E-state index is 12.7. The van der Waals surface area contributed by atoms with Crippen LogP contribution in [-0.4, -0.2) is 36.0 Å². The highest BCUT2D eigenvalue weighted by Gasteiger charge is 2.20. The van der Waals surface area contributed by atoms with Crippen molar-refractivity contribution in [3.8, 4) is 11.1 Å². The van der Waals surface area contributed by atoms with Crippen LogP contribution < -0.4 is 16.3 Å². The molecule has 0 amide bonds. The standard InChI is InChI=1S/C14H14ClN3O3/c15-12-11(10-4-2-1-3-5-10)13(19)18(14(20)16-12)17-6-8-21-9-7-17/h1-5H,6-9H2,(H,16,20). The number of aromatic nitrogens is 2. The Hall–Kier alpha value is -2.05. The van der Waals surface area contributed by atoms with Crippen LogP contribution in [0, 0.1) is 0 Å².